The van der Waals surface area contributed by atoms with Gasteiger partial charge in [0.15, 0.2) is 0 Å². The number of rotatable bonds is 10. The molecule has 1 aromatic heterocycles. The Hall–Kier alpha value is -1.83. The van der Waals surface area contributed by atoms with Gasteiger partial charge in [0.25, 0.3) is 0 Å². The van der Waals surface area contributed by atoms with Gasteiger partial charge in [-0.15, -0.1) is 0 Å². The van der Waals surface area contributed by atoms with Crippen molar-refractivity contribution in [2.24, 2.45) is 0 Å². The number of nitrogens with zero attached hydrogens (tertiary/aromatic N) is 3. The van der Waals surface area contributed by atoms with Crippen molar-refractivity contribution in [3.63, 3.8) is 0 Å². The molecule has 1 heterocycles. The molecular weight excluding hydrogens is 432 g/mol. The molecule has 0 saturated heterocycles. The Kier molecular flexibility index (Phi) is 8.99. The average Bonchev–Trinajstić information content (AvgIpc) is 2.76. The maximum Gasteiger partial charge on any atom is 0.348 e. The summed E-state index contributed by atoms with van der Waals surface area (Å²) in [6, 6.07) is 7.07. The van der Waals surface area contributed by atoms with Crippen molar-refractivity contribution in [3.05, 3.63) is 51.0 Å². The molecule has 1 aromatic carbocycles. The molecule has 168 valence electrons. The molecule has 8 heteroatoms. The summed E-state index contributed by atoms with van der Waals surface area (Å²) in [5, 5.41) is 4.13. The van der Waals surface area contributed by atoms with Gasteiger partial charge < -0.3 is 10.2 Å². The standard InChI is InChI=1S/C23H31ClN4O2S/c1-3-27(4-2)13-8-14-28-20-12-6-5-11-19(20)22(26-23(28)30)31-16-21(29)25-18-10-7-9-17(24)15-18/h7,9-10,15H,3-6,8,11-14,16H2,1-2H3,(H,25,29). The lowest BCUT2D eigenvalue weighted by Gasteiger charge is -2.23. The molecule has 0 spiro atoms. The number of halogens is 1. The largest absolute Gasteiger partial charge is 0.348 e. The van der Waals surface area contributed by atoms with Gasteiger partial charge in [0.1, 0.15) is 5.03 Å². The molecule has 2 aromatic rings. The lowest BCUT2D eigenvalue weighted by Crippen LogP contribution is -2.32. The van der Waals surface area contributed by atoms with E-state index in [-0.39, 0.29) is 17.3 Å². The zero-order chi connectivity index (χ0) is 22.2. The summed E-state index contributed by atoms with van der Waals surface area (Å²) in [6.45, 7) is 8.05. The quantitative estimate of drug-likeness (QED) is 0.422. The second-order valence-corrected chi connectivity index (χ2v) is 9.11. The van der Waals surface area contributed by atoms with Crippen LogP contribution in [0.25, 0.3) is 0 Å². The normalized spacial score (nSPS) is 13.3. The minimum Gasteiger partial charge on any atom is -0.325 e. The van der Waals surface area contributed by atoms with E-state index in [0.717, 1.165) is 63.0 Å². The van der Waals surface area contributed by atoms with Crippen molar-refractivity contribution in [1.29, 1.82) is 0 Å². The first-order valence-electron chi connectivity index (χ1n) is 11.0. The first kappa shape index (κ1) is 23.8. The molecular formula is C23H31ClN4O2S. The van der Waals surface area contributed by atoms with E-state index in [4.69, 9.17) is 11.6 Å². The van der Waals surface area contributed by atoms with Gasteiger partial charge in [-0.25, -0.2) is 4.79 Å². The number of carbonyl (C=O) groups is 1. The van der Waals surface area contributed by atoms with Gasteiger partial charge in [-0.1, -0.05) is 43.3 Å². The number of hydrogen-bond donors (Lipinski definition) is 1. The average molecular weight is 463 g/mol. The number of amides is 1. The second kappa shape index (κ2) is 11.7. The van der Waals surface area contributed by atoms with Crippen molar-refractivity contribution in [2.75, 3.05) is 30.7 Å². The third-order valence-electron chi connectivity index (χ3n) is 5.65. The highest BCUT2D eigenvalue weighted by atomic mass is 35.5. The minimum atomic E-state index is -0.196. The summed E-state index contributed by atoms with van der Waals surface area (Å²) in [5.74, 6) is 0.0687. The van der Waals surface area contributed by atoms with Gasteiger partial charge in [0, 0.05) is 28.5 Å². The summed E-state index contributed by atoms with van der Waals surface area (Å²) in [4.78, 5) is 31.9. The van der Waals surface area contributed by atoms with E-state index in [1.807, 2.05) is 4.57 Å². The fraction of sp³-hybridized carbons (Fsp3) is 0.522. The number of nitrogens with one attached hydrogen (secondary N) is 1. The fourth-order valence-corrected chi connectivity index (χ4v) is 5.05. The van der Waals surface area contributed by atoms with Gasteiger partial charge in [-0.2, -0.15) is 4.98 Å². The Labute approximate surface area is 193 Å². The number of benzene rings is 1. The number of anilines is 1. The van der Waals surface area contributed by atoms with Gasteiger partial charge in [-0.05, 0) is 69.9 Å². The third-order valence-corrected chi connectivity index (χ3v) is 6.90. The lowest BCUT2D eigenvalue weighted by molar-refractivity contribution is -0.113. The molecule has 1 aliphatic rings. The van der Waals surface area contributed by atoms with Gasteiger partial charge >= 0.3 is 5.69 Å². The lowest BCUT2D eigenvalue weighted by atomic mass is 9.97. The molecule has 6 nitrogen and oxygen atoms in total. The van der Waals surface area contributed by atoms with Crippen LogP contribution in [0.4, 0.5) is 5.69 Å². The molecule has 0 bridgehead atoms. The molecule has 3 rings (SSSR count). The zero-order valence-corrected chi connectivity index (χ0v) is 19.9. The first-order valence-corrected chi connectivity index (χ1v) is 12.4. The van der Waals surface area contributed by atoms with E-state index in [1.54, 1.807) is 24.3 Å². The first-order chi connectivity index (χ1) is 15.0. The van der Waals surface area contributed by atoms with Crippen LogP contribution in [-0.4, -0.2) is 45.7 Å². The Bertz CT molecular complexity index is 959. The molecule has 0 fully saturated rings. The molecule has 0 radical (unpaired) electrons. The number of aromatic nitrogens is 2. The van der Waals surface area contributed by atoms with E-state index in [2.05, 4.69) is 29.0 Å². The number of fused-ring (bicyclic) bond motifs is 1. The molecule has 0 aliphatic heterocycles. The summed E-state index contributed by atoms with van der Waals surface area (Å²) in [5.41, 5.74) is 2.73. The van der Waals surface area contributed by atoms with Crippen molar-refractivity contribution in [1.82, 2.24) is 14.5 Å². The number of carbonyl (C=O) groups excluding carboxylic acids is 1. The van der Waals surface area contributed by atoms with Crippen LogP contribution in [0.1, 0.15) is 44.4 Å². The number of hydrogen-bond acceptors (Lipinski definition) is 5. The van der Waals surface area contributed by atoms with E-state index >= 15 is 0 Å². The van der Waals surface area contributed by atoms with Crippen LogP contribution in [0.5, 0.6) is 0 Å². The minimum absolute atomic E-state index is 0.137. The molecule has 31 heavy (non-hydrogen) atoms. The summed E-state index contributed by atoms with van der Waals surface area (Å²) >= 11 is 7.32. The van der Waals surface area contributed by atoms with E-state index < -0.39 is 0 Å². The van der Waals surface area contributed by atoms with Crippen molar-refractivity contribution >= 4 is 35.0 Å². The van der Waals surface area contributed by atoms with Gasteiger partial charge in [-0.3, -0.25) is 9.36 Å². The Morgan fingerprint density at radius 1 is 1.26 bits per heavy atom. The molecule has 1 N–H and O–H groups in total. The van der Waals surface area contributed by atoms with Crippen molar-refractivity contribution in [2.45, 2.75) is 57.5 Å². The summed E-state index contributed by atoms with van der Waals surface area (Å²) < 4.78 is 1.87. The van der Waals surface area contributed by atoms with Crippen LogP contribution in [0.3, 0.4) is 0 Å². The SMILES string of the molecule is CCN(CC)CCCn1c2c(c(SCC(=O)Nc3cccc(Cl)c3)nc1=O)CCCC2. The molecule has 0 unspecified atom stereocenters. The maximum absolute atomic E-state index is 12.8. The van der Waals surface area contributed by atoms with Crippen LogP contribution in [0, 0.1) is 0 Å². The van der Waals surface area contributed by atoms with E-state index in [0.29, 0.717) is 22.3 Å². The highest BCUT2D eigenvalue weighted by Crippen LogP contribution is 2.28. The Morgan fingerprint density at radius 2 is 2.03 bits per heavy atom. The predicted molar refractivity (Wildman–Crippen MR) is 128 cm³/mol. The Morgan fingerprint density at radius 3 is 2.77 bits per heavy atom. The van der Waals surface area contributed by atoms with Crippen LogP contribution in [0.2, 0.25) is 5.02 Å². The second-order valence-electron chi connectivity index (χ2n) is 7.71. The Balaban J connectivity index is 1.69. The molecule has 0 saturated carbocycles. The smallest absolute Gasteiger partial charge is 0.325 e. The highest BCUT2D eigenvalue weighted by molar-refractivity contribution is 8.00. The molecule has 1 aliphatic carbocycles. The maximum atomic E-state index is 12.8. The fourth-order valence-electron chi connectivity index (χ4n) is 3.99. The van der Waals surface area contributed by atoms with Crippen molar-refractivity contribution in [3.8, 4) is 0 Å². The van der Waals surface area contributed by atoms with Gasteiger partial charge in [0.2, 0.25) is 5.91 Å². The summed E-state index contributed by atoms with van der Waals surface area (Å²) in [6.07, 6.45) is 4.93. The third kappa shape index (κ3) is 6.57. The molecule has 0 atom stereocenters. The van der Waals surface area contributed by atoms with Crippen LogP contribution in [-0.2, 0) is 24.2 Å². The zero-order valence-electron chi connectivity index (χ0n) is 18.3. The van der Waals surface area contributed by atoms with E-state index in [9.17, 15) is 9.59 Å². The summed E-state index contributed by atoms with van der Waals surface area (Å²) in [7, 11) is 0. The highest BCUT2D eigenvalue weighted by Gasteiger charge is 2.21. The van der Waals surface area contributed by atoms with Crippen LogP contribution >= 0.6 is 23.4 Å². The van der Waals surface area contributed by atoms with Gasteiger partial charge in [0.05, 0.1) is 5.75 Å². The predicted octanol–water partition coefficient (Wildman–Crippen LogP) is 4.24. The monoisotopic (exact) mass is 462 g/mol. The molecule has 1 amide bonds. The van der Waals surface area contributed by atoms with Crippen LogP contribution < -0.4 is 11.0 Å². The van der Waals surface area contributed by atoms with E-state index in [1.165, 1.54) is 11.8 Å². The van der Waals surface area contributed by atoms with Crippen LogP contribution in [0.15, 0.2) is 34.1 Å². The topological polar surface area (TPSA) is 67.2 Å². The number of thioether (sulfide) groups is 1. The van der Waals surface area contributed by atoms with Crippen molar-refractivity contribution < 1.29 is 4.79 Å².